The van der Waals surface area contributed by atoms with Gasteiger partial charge in [0.2, 0.25) is 0 Å². The molecule has 122 valence electrons. The third-order valence-electron chi connectivity index (χ3n) is 2.94. The summed E-state index contributed by atoms with van der Waals surface area (Å²) in [6.45, 7) is 5.51. The number of carbonyl (C=O) groups excluding carboxylic acids is 1. The highest BCUT2D eigenvalue weighted by Crippen LogP contribution is 1.97. The van der Waals surface area contributed by atoms with Gasteiger partial charge >= 0.3 is 5.97 Å². The lowest BCUT2D eigenvalue weighted by molar-refractivity contribution is -0.135. The van der Waals surface area contributed by atoms with Gasteiger partial charge in [0, 0.05) is 12.6 Å². The molecule has 0 amide bonds. The molecule has 2 heterocycles. The van der Waals surface area contributed by atoms with Crippen molar-refractivity contribution < 1.29 is 9.53 Å². The van der Waals surface area contributed by atoms with Gasteiger partial charge in [-0.1, -0.05) is 18.4 Å². The first-order valence-corrected chi connectivity index (χ1v) is 7.81. The number of nitrogens with zero attached hydrogens (tertiary/aromatic N) is 3. The van der Waals surface area contributed by atoms with Crippen LogP contribution in [0.3, 0.4) is 0 Å². The van der Waals surface area contributed by atoms with Crippen molar-refractivity contribution in [2.75, 3.05) is 6.61 Å². The van der Waals surface area contributed by atoms with Gasteiger partial charge in [0.25, 0.3) is 5.56 Å². The lowest BCUT2D eigenvalue weighted by atomic mass is 10.3. The maximum absolute atomic E-state index is 12.4. The number of hydrogen-bond donors (Lipinski definition) is 1. The number of aromatic amines is 1. The average molecular weight is 342 g/mol. The van der Waals surface area contributed by atoms with E-state index < -0.39 is 5.97 Å². The number of nitriles is 1. The van der Waals surface area contributed by atoms with Gasteiger partial charge in [0.15, 0.2) is 5.57 Å². The van der Waals surface area contributed by atoms with E-state index in [-0.39, 0.29) is 26.9 Å². The Labute approximate surface area is 141 Å². The van der Waals surface area contributed by atoms with Gasteiger partial charge in [-0.25, -0.2) is 9.78 Å². The quantitative estimate of drug-likeness (QED) is 0.616. The summed E-state index contributed by atoms with van der Waals surface area (Å²) in [5, 5.41) is 9.29. The SMILES string of the molecule is C=CCOC(=O)/C(C#N)=c1\sc(=C=Cc2cnc[nH]2)c(=O)n1CC. The monoisotopic (exact) mass is 342 g/mol. The largest absolute Gasteiger partial charge is 0.457 e. The first-order chi connectivity index (χ1) is 11.6. The van der Waals surface area contributed by atoms with Crippen LogP contribution in [-0.4, -0.2) is 27.1 Å². The molecule has 0 aliphatic carbocycles. The molecule has 8 heteroatoms. The Bertz CT molecular complexity index is 999. The van der Waals surface area contributed by atoms with Crippen molar-refractivity contribution in [2.45, 2.75) is 13.5 Å². The van der Waals surface area contributed by atoms with Gasteiger partial charge < -0.3 is 9.72 Å². The van der Waals surface area contributed by atoms with E-state index in [0.29, 0.717) is 12.2 Å². The molecule has 0 aliphatic rings. The van der Waals surface area contributed by atoms with Crippen LogP contribution in [0.4, 0.5) is 0 Å². The molecule has 0 radical (unpaired) electrons. The Kier molecular flexibility index (Phi) is 5.68. The lowest BCUT2D eigenvalue weighted by Gasteiger charge is -2.00. The summed E-state index contributed by atoms with van der Waals surface area (Å²) in [5.74, 6) is -0.787. The van der Waals surface area contributed by atoms with Crippen molar-refractivity contribution in [2.24, 2.45) is 0 Å². The third-order valence-corrected chi connectivity index (χ3v) is 4.05. The summed E-state index contributed by atoms with van der Waals surface area (Å²) in [6.07, 6.45) is 6.07. The van der Waals surface area contributed by atoms with Gasteiger partial charge in [0.1, 0.15) is 21.9 Å². The summed E-state index contributed by atoms with van der Waals surface area (Å²) >= 11 is 1.01. The van der Waals surface area contributed by atoms with E-state index in [9.17, 15) is 14.9 Å². The number of imidazole rings is 1. The number of hydrogen-bond acceptors (Lipinski definition) is 6. The summed E-state index contributed by atoms with van der Waals surface area (Å²) in [4.78, 5) is 31.1. The van der Waals surface area contributed by atoms with E-state index in [0.717, 1.165) is 11.3 Å². The zero-order valence-corrected chi connectivity index (χ0v) is 13.7. The van der Waals surface area contributed by atoms with E-state index in [1.807, 2.05) is 6.07 Å². The van der Waals surface area contributed by atoms with Gasteiger partial charge in [-0.05, 0) is 6.92 Å². The van der Waals surface area contributed by atoms with Crippen molar-refractivity contribution in [1.29, 1.82) is 5.26 Å². The Balaban J connectivity index is 2.70. The number of thiazole rings is 1. The first kappa shape index (κ1) is 17.2. The molecule has 0 saturated carbocycles. The van der Waals surface area contributed by atoms with Crippen LogP contribution in [0.25, 0.3) is 17.4 Å². The minimum Gasteiger partial charge on any atom is -0.457 e. The van der Waals surface area contributed by atoms with Crippen LogP contribution >= 0.6 is 11.3 Å². The zero-order chi connectivity index (χ0) is 17.5. The average Bonchev–Trinajstić information content (AvgIpc) is 3.20. The van der Waals surface area contributed by atoms with Crippen molar-refractivity contribution in [3.05, 3.63) is 50.4 Å². The molecule has 0 fully saturated rings. The molecule has 0 saturated heterocycles. The van der Waals surface area contributed by atoms with E-state index in [1.165, 1.54) is 17.0 Å². The number of aromatic nitrogens is 3. The van der Waals surface area contributed by atoms with Crippen LogP contribution in [0.2, 0.25) is 0 Å². The Morgan fingerprint density at radius 3 is 3.00 bits per heavy atom. The van der Waals surface area contributed by atoms with Crippen LogP contribution in [-0.2, 0) is 16.1 Å². The highest BCUT2D eigenvalue weighted by molar-refractivity contribution is 7.07. The molecule has 2 aromatic rings. The summed E-state index contributed by atoms with van der Waals surface area (Å²) in [6, 6.07) is 1.82. The third kappa shape index (κ3) is 3.60. The fraction of sp³-hybridized carbons (Fsp3) is 0.188. The fourth-order valence-electron chi connectivity index (χ4n) is 1.85. The Morgan fingerprint density at radius 1 is 1.62 bits per heavy atom. The number of carbonyl (C=O) groups is 1. The number of nitrogens with one attached hydrogen (secondary N) is 1. The summed E-state index contributed by atoms with van der Waals surface area (Å²) < 4.78 is 6.78. The van der Waals surface area contributed by atoms with Crippen LogP contribution < -0.4 is 14.8 Å². The number of rotatable bonds is 5. The van der Waals surface area contributed by atoms with Crippen molar-refractivity contribution in [1.82, 2.24) is 14.5 Å². The molecule has 2 aromatic heterocycles. The molecule has 0 unspecified atom stereocenters. The predicted molar refractivity (Wildman–Crippen MR) is 90.1 cm³/mol. The molecule has 0 aliphatic heterocycles. The Morgan fingerprint density at radius 2 is 2.42 bits per heavy atom. The maximum Gasteiger partial charge on any atom is 0.352 e. The molecule has 0 spiro atoms. The molecule has 2 rings (SSSR count). The molecule has 0 atom stereocenters. The van der Waals surface area contributed by atoms with Gasteiger partial charge in [-0.2, -0.15) is 5.26 Å². The second-order valence-corrected chi connectivity index (χ2v) is 5.45. The molecule has 0 aromatic carbocycles. The molecular weight excluding hydrogens is 328 g/mol. The molecule has 7 nitrogen and oxygen atoms in total. The molecule has 24 heavy (non-hydrogen) atoms. The topological polar surface area (TPSA) is 101 Å². The standard InChI is InChI=1S/C16H14N4O3S/c1-3-7-23-16(22)12(8-17)15-20(4-2)14(21)13(24-15)6-5-11-9-18-10-19-11/h3,5,9-10H,1,4,7H2,2H3,(H,18,19)/b15-12-. The maximum atomic E-state index is 12.4. The normalized spacial score (nSPS) is 11.2. The van der Waals surface area contributed by atoms with E-state index >= 15 is 0 Å². The highest BCUT2D eigenvalue weighted by atomic mass is 32.1. The molecular formula is C16H14N4O3S. The fourth-order valence-corrected chi connectivity index (χ4v) is 2.91. The number of H-pyrrole nitrogens is 1. The van der Waals surface area contributed by atoms with Crippen LogP contribution in [0.15, 0.2) is 30.0 Å². The van der Waals surface area contributed by atoms with Crippen LogP contribution in [0.1, 0.15) is 12.6 Å². The molecule has 0 bridgehead atoms. The zero-order valence-electron chi connectivity index (χ0n) is 12.9. The predicted octanol–water partition coefficient (Wildman–Crippen LogP) is 0.149. The van der Waals surface area contributed by atoms with E-state index in [2.05, 4.69) is 22.3 Å². The van der Waals surface area contributed by atoms with Gasteiger partial charge in [0.05, 0.1) is 18.2 Å². The van der Waals surface area contributed by atoms with Gasteiger partial charge in [-0.3, -0.25) is 9.36 Å². The first-order valence-electron chi connectivity index (χ1n) is 6.99. The van der Waals surface area contributed by atoms with Crippen LogP contribution in [0.5, 0.6) is 0 Å². The van der Waals surface area contributed by atoms with Gasteiger partial charge in [-0.15, -0.1) is 11.3 Å². The highest BCUT2D eigenvalue weighted by Gasteiger charge is 2.16. The summed E-state index contributed by atoms with van der Waals surface area (Å²) in [5.41, 5.74) is 3.02. The van der Waals surface area contributed by atoms with E-state index in [4.69, 9.17) is 4.74 Å². The number of ether oxygens (including phenoxy) is 1. The minimum atomic E-state index is -0.787. The van der Waals surface area contributed by atoms with Crippen molar-refractivity contribution in [3.63, 3.8) is 0 Å². The Hall–Kier alpha value is -3.14. The number of esters is 1. The van der Waals surface area contributed by atoms with E-state index in [1.54, 1.807) is 19.2 Å². The minimum absolute atomic E-state index is 0.00947. The summed E-state index contributed by atoms with van der Waals surface area (Å²) in [7, 11) is 0. The second-order valence-electron chi connectivity index (χ2n) is 4.46. The second kappa shape index (κ2) is 7.92. The van der Waals surface area contributed by atoms with Crippen LogP contribution in [0, 0.1) is 11.3 Å². The van der Waals surface area contributed by atoms with Crippen molar-refractivity contribution >= 4 is 34.7 Å². The lowest BCUT2D eigenvalue weighted by Crippen LogP contribution is -2.32. The molecule has 1 N–H and O–H groups in total. The van der Waals surface area contributed by atoms with Crippen molar-refractivity contribution in [3.8, 4) is 6.07 Å². The smallest absolute Gasteiger partial charge is 0.352 e.